The number of aryl methyl sites for hydroxylation is 1. The Balaban J connectivity index is 1.71. The minimum Gasteiger partial charge on any atom is -0.386 e. The van der Waals surface area contributed by atoms with Crippen LogP contribution in [0.15, 0.2) is 12.7 Å². The fraction of sp³-hybridized carbons (Fsp3) is 0.615. The number of nitrogens with zero attached hydrogens (tertiary/aromatic N) is 4. The maximum Gasteiger partial charge on any atom is 0.475 e. The minimum atomic E-state index is -3.71. The molecule has 4 rings (SSSR count). The van der Waals surface area contributed by atoms with Gasteiger partial charge in [0.05, 0.1) is 18.1 Å². The standard InChI is InChI=1S/C13H17N4O6P/c1-6-8-12(15-4-14-6)17(5-16-8)13-9(18)11-10(21-13)7(2)22-24(19,20-3)23-11/h4-5,7,9-11,13,18H,1-3H3/t7?,9-,10-,11+,13-,24?/m1/s1. The quantitative estimate of drug-likeness (QED) is 0.785. The number of imidazole rings is 1. The summed E-state index contributed by atoms with van der Waals surface area (Å²) < 4.78 is 35.3. The van der Waals surface area contributed by atoms with Crippen molar-refractivity contribution in [1.82, 2.24) is 19.5 Å². The summed E-state index contributed by atoms with van der Waals surface area (Å²) in [6, 6.07) is 0. The third-order valence-electron chi connectivity index (χ3n) is 4.30. The molecule has 0 bridgehead atoms. The lowest BCUT2D eigenvalue weighted by atomic mass is 10.1. The Labute approximate surface area is 137 Å². The normalized spacial score (nSPS) is 39.2. The van der Waals surface area contributed by atoms with Crippen LogP contribution >= 0.6 is 7.82 Å². The van der Waals surface area contributed by atoms with Crippen LogP contribution in [0, 0.1) is 6.92 Å². The summed E-state index contributed by atoms with van der Waals surface area (Å²) in [7, 11) is -2.47. The minimum absolute atomic E-state index is 0.536. The van der Waals surface area contributed by atoms with Gasteiger partial charge in [0.2, 0.25) is 0 Å². The first-order valence-electron chi connectivity index (χ1n) is 7.44. The lowest BCUT2D eigenvalue weighted by Gasteiger charge is -2.34. The highest BCUT2D eigenvalue weighted by Crippen LogP contribution is 2.58. The molecule has 0 saturated carbocycles. The van der Waals surface area contributed by atoms with Gasteiger partial charge in [-0.25, -0.2) is 19.5 Å². The van der Waals surface area contributed by atoms with Gasteiger partial charge in [-0.1, -0.05) is 0 Å². The van der Waals surface area contributed by atoms with Crippen LogP contribution in [0.2, 0.25) is 0 Å². The molecule has 0 radical (unpaired) electrons. The van der Waals surface area contributed by atoms with Crippen molar-refractivity contribution >= 4 is 19.0 Å². The van der Waals surface area contributed by atoms with Crippen molar-refractivity contribution < 1.29 is 28.0 Å². The van der Waals surface area contributed by atoms with E-state index in [9.17, 15) is 9.67 Å². The van der Waals surface area contributed by atoms with E-state index in [1.54, 1.807) is 11.5 Å². The largest absolute Gasteiger partial charge is 0.475 e. The molecule has 0 spiro atoms. The molecule has 2 fully saturated rings. The first-order chi connectivity index (χ1) is 11.4. The molecule has 2 aliphatic heterocycles. The van der Waals surface area contributed by atoms with Gasteiger partial charge in [-0.15, -0.1) is 0 Å². The van der Waals surface area contributed by atoms with Crippen LogP contribution in [0.5, 0.6) is 0 Å². The molecule has 24 heavy (non-hydrogen) atoms. The van der Waals surface area contributed by atoms with Gasteiger partial charge in [-0.05, 0) is 13.8 Å². The maximum absolute atomic E-state index is 12.3. The number of phosphoric ester groups is 1. The number of hydrogen-bond acceptors (Lipinski definition) is 9. The van der Waals surface area contributed by atoms with Gasteiger partial charge in [0.25, 0.3) is 0 Å². The average molecular weight is 356 g/mol. The summed E-state index contributed by atoms with van der Waals surface area (Å²) in [6.45, 7) is 3.51. The Morgan fingerprint density at radius 1 is 1.29 bits per heavy atom. The fourth-order valence-electron chi connectivity index (χ4n) is 3.08. The van der Waals surface area contributed by atoms with E-state index in [1.807, 2.05) is 6.92 Å². The van der Waals surface area contributed by atoms with Gasteiger partial charge in [-0.2, -0.15) is 0 Å². The van der Waals surface area contributed by atoms with E-state index in [2.05, 4.69) is 15.0 Å². The number of rotatable bonds is 2. The SMILES string of the molecule is COP1(=O)OC(C)[C@H]2O[C@@H](n3cnc4c(C)ncnc43)[C@H](O)[C@@H]2O1. The van der Waals surface area contributed by atoms with Crippen molar-refractivity contribution in [3.8, 4) is 0 Å². The molecule has 2 saturated heterocycles. The van der Waals surface area contributed by atoms with E-state index in [0.29, 0.717) is 11.2 Å². The molecule has 0 aromatic carbocycles. The summed E-state index contributed by atoms with van der Waals surface area (Å²) in [4.78, 5) is 12.6. The van der Waals surface area contributed by atoms with Gasteiger partial charge in [0.1, 0.15) is 30.2 Å². The summed E-state index contributed by atoms with van der Waals surface area (Å²) in [6.07, 6.45) is -0.941. The molecule has 0 aliphatic carbocycles. The van der Waals surface area contributed by atoms with E-state index in [-0.39, 0.29) is 0 Å². The van der Waals surface area contributed by atoms with Crippen molar-refractivity contribution in [2.24, 2.45) is 0 Å². The molecule has 4 heterocycles. The third kappa shape index (κ3) is 2.30. The average Bonchev–Trinajstić information content (AvgIpc) is 3.11. The molecular formula is C13H17N4O6P. The van der Waals surface area contributed by atoms with Crippen LogP contribution in [0.3, 0.4) is 0 Å². The van der Waals surface area contributed by atoms with Crippen molar-refractivity contribution in [2.75, 3.05) is 7.11 Å². The smallest absolute Gasteiger partial charge is 0.386 e. The Hall–Kier alpha value is -1.42. The number of aliphatic hydroxyl groups is 1. The highest BCUT2D eigenvalue weighted by atomic mass is 31.2. The van der Waals surface area contributed by atoms with Gasteiger partial charge in [0, 0.05) is 7.11 Å². The number of aliphatic hydroxyl groups excluding tert-OH is 1. The van der Waals surface area contributed by atoms with Crippen LogP contribution in [-0.4, -0.2) is 56.2 Å². The van der Waals surface area contributed by atoms with Crippen molar-refractivity contribution in [2.45, 2.75) is 44.5 Å². The zero-order valence-corrected chi connectivity index (χ0v) is 14.2. The molecule has 6 atom stereocenters. The number of aromatic nitrogens is 4. The van der Waals surface area contributed by atoms with Crippen LogP contribution in [0.4, 0.5) is 0 Å². The molecule has 2 unspecified atom stereocenters. The van der Waals surface area contributed by atoms with Crippen LogP contribution in [-0.2, 0) is 22.9 Å². The Morgan fingerprint density at radius 3 is 2.83 bits per heavy atom. The zero-order valence-electron chi connectivity index (χ0n) is 13.3. The molecule has 2 aromatic rings. The van der Waals surface area contributed by atoms with Gasteiger partial charge < -0.3 is 9.84 Å². The second kappa shape index (κ2) is 5.55. The van der Waals surface area contributed by atoms with E-state index < -0.39 is 38.5 Å². The molecule has 0 amide bonds. The first kappa shape index (κ1) is 16.1. The highest BCUT2D eigenvalue weighted by Gasteiger charge is 2.56. The Kier molecular flexibility index (Phi) is 3.72. The molecule has 2 aromatic heterocycles. The lowest BCUT2D eigenvalue weighted by Crippen LogP contribution is -2.44. The number of hydrogen-bond donors (Lipinski definition) is 1. The number of phosphoric acid groups is 1. The maximum atomic E-state index is 12.3. The van der Waals surface area contributed by atoms with E-state index in [4.69, 9.17) is 18.3 Å². The molecule has 11 heteroatoms. The van der Waals surface area contributed by atoms with E-state index in [1.165, 1.54) is 19.8 Å². The van der Waals surface area contributed by atoms with Crippen LogP contribution in [0.1, 0.15) is 18.8 Å². The van der Waals surface area contributed by atoms with Crippen molar-refractivity contribution in [1.29, 1.82) is 0 Å². The third-order valence-corrected chi connectivity index (χ3v) is 5.84. The Bertz CT molecular complexity index is 828. The molecule has 2 aliphatic rings. The summed E-state index contributed by atoms with van der Waals surface area (Å²) in [5.41, 5.74) is 1.88. The molecular weight excluding hydrogens is 339 g/mol. The Morgan fingerprint density at radius 2 is 2.08 bits per heavy atom. The second-order valence-electron chi connectivity index (χ2n) is 5.78. The second-order valence-corrected chi connectivity index (χ2v) is 7.46. The van der Waals surface area contributed by atoms with Crippen molar-refractivity contribution in [3.63, 3.8) is 0 Å². The summed E-state index contributed by atoms with van der Waals surface area (Å²) in [5, 5.41) is 10.7. The number of ether oxygens (including phenoxy) is 1. The van der Waals surface area contributed by atoms with E-state index in [0.717, 1.165) is 5.69 Å². The van der Waals surface area contributed by atoms with Gasteiger partial charge >= 0.3 is 7.82 Å². The topological polar surface area (TPSA) is 118 Å². The van der Waals surface area contributed by atoms with Gasteiger partial charge in [0.15, 0.2) is 11.9 Å². The molecule has 130 valence electrons. The van der Waals surface area contributed by atoms with Crippen LogP contribution in [0.25, 0.3) is 11.2 Å². The van der Waals surface area contributed by atoms with Crippen molar-refractivity contribution in [3.05, 3.63) is 18.3 Å². The monoisotopic (exact) mass is 356 g/mol. The van der Waals surface area contributed by atoms with E-state index >= 15 is 0 Å². The summed E-state index contributed by atoms with van der Waals surface area (Å²) >= 11 is 0. The highest BCUT2D eigenvalue weighted by molar-refractivity contribution is 7.48. The molecule has 1 N–H and O–H groups in total. The number of fused-ring (bicyclic) bond motifs is 2. The lowest BCUT2D eigenvalue weighted by molar-refractivity contribution is -0.101. The van der Waals surface area contributed by atoms with Gasteiger partial charge in [-0.3, -0.25) is 18.1 Å². The molecule has 10 nitrogen and oxygen atoms in total. The predicted molar refractivity (Wildman–Crippen MR) is 80.0 cm³/mol. The van der Waals surface area contributed by atoms with Crippen LogP contribution < -0.4 is 0 Å². The zero-order chi connectivity index (χ0) is 17.1. The summed E-state index contributed by atoms with van der Waals surface area (Å²) in [5.74, 6) is 0. The first-order valence-corrected chi connectivity index (χ1v) is 8.90. The fourth-order valence-corrected chi connectivity index (χ4v) is 4.38. The predicted octanol–water partition coefficient (Wildman–Crippen LogP) is 0.951.